The molecule has 0 saturated heterocycles. The van der Waals surface area contributed by atoms with Crippen LogP contribution in [0.15, 0.2) is 29.5 Å². The summed E-state index contributed by atoms with van der Waals surface area (Å²) < 4.78 is 5.28. The molecule has 1 atom stereocenters. The first-order chi connectivity index (χ1) is 12.2. The number of esters is 1. The summed E-state index contributed by atoms with van der Waals surface area (Å²) >= 11 is 0. The Morgan fingerprint density at radius 3 is 2.73 bits per heavy atom. The minimum Gasteiger partial charge on any atom is -0.502 e. The van der Waals surface area contributed by atoms with Crippen LogP contribution in [0.4, 0.5) is 10.5 Å². The van der Waals surface area contributed by atoms with Crippen LogP contribution in [0.3, 0.4) is 0 Å². The van der Waals surface area contributed by atoms with Gasteiger partial charge in [0.2, 0.25) is 0 Å². The van der Waals surface area contributed by atoms with Crippen LogP contribution in [-0.2, 0) is 9.53 Å². The number of hydrogen-bond donors (Lipinski definition) is 3. The number of phenols is 1. The summed E-state index contributed by atoms with van der Waals surface area (Å²) in [5, 5.41) is 25.7. The Hall–Kier alpha value is -3.10. The predicted octanol–water partition coefficient (Wildman–Crippen LogP) is 2.52. The third kappa shape index (κ3) is 4.29. The molecule has 0 bridgehead atoms. The number of nitrogens with one attached hydrogen (secondary N) is 2. The average Bonchev–Trinajstić information content (AvgIpc) is 2.53. The van der Waals surface area contributed by atoms with Crippen LogP contribution in [0.5, 0.6) is 5.75 Å². The fourth-order valence-electron chi connectivity index (χ4n) is 2.55. The maximum atomic E-state index is 12.5. The van der Waals surface area contributed by atoms with Crippen LogP contribution >= 0.6 is 0 Å². The van der Waals surface area contributed by atoms with E-state index in [2.05, 4.69) is 10.6 Å². The van der Waals surface area contributed by atoms with Crippen molar-refractivity contribution in [1.29, 1.82) is 0 Å². The van der Waals surface area contributed by atoms with E-state index < -0.39 is 34.4 Å². The van der Waals surface area contributed by atoms with Crippen LogP contribution < -0.4 is 10.6 Å². The van der Waals surface area contributed by atoms with Gasteiger partial charge in [-0.25, -0.2) is 9.59 Å². The fraction of sp³-hybridized carbons (Fsp3) is 0.412. The highest BCUT2D eigenvalue weighted by molar-refractivity contribution is 5.95. The third-order valence-electron chi connectivity index (χ3n) is 3.95. The summed E-state index contributed by atoms with van der Waals surface area (Å²) in [4.78, 5) is 34.6. The summed E-state index contributed by atoms with van der Waals surface area (Å²) in [5.74, 6) is -0.755. The number of hydrogen-bond acceptors (Lipinski definition) is 6. The number of urea groups is 1. The molecule has 9 nitrogen and oxygen atoms in total. The quantitative estimate of drug-likeness (QED) is 0.404. The Morgan fingerprint density at radius 2 is 2.12 bits per heavy atom. The van der Waals surface area contributed by atoms with Crippen LogP contribution in [0.2, 0.25) is 0 Å². The van der Waals surface area contributed by atoms with Crippen molar-refractivity contribution >= 4 is 17.7 Å². The van der Waals surface area contributed by atoms with E-state index in [1.54, 1.807) is 6.92 Å². The first-order valence-corrected chi connectivity index (χ1v) is 8.13. The van der Waals surface area contributed by atoms with E-state index in [-0.39, 0.29) is 12.2 Å². The van der Waals surface area contributed by atoms with E-state index in [9.17, 15) is 24.8 Å². The molecule has 0 fully saturated rings. The van der Waals surface area contributed by atoms with Crippen LogP contribution in [0.1, 0.15) is 38.8 Å². The highest BCUT2D eigenvalue weighted by atomic mass is 16.6. The third-order valence-corrected chi connectivity index (χ3v) is 3.95. The molecule has 2 amide bonds. The monoisotopic (exact) mass is 363 g/mol. The number of ether oxygens (including phenoxy) is 1. The fourth-order valence-corrected chi connectivity index (χ4v) is 2.55. The highest BCUT2D eigenvalue weighted by Crippen LogP contribution is 2.33. The zero-order valence-electron chi connectivity index (χ0n) is 14.7. The number of benzene rings is 1. The summed E-state index contributed by atoms with van der Waals surface area (Å²) in [6.45, 7) is 5.78. The molecule has 0 radical (unpaired) electrons. The molecule has 1 aliphatic heterocycles. The molecule has 1 unspecified atom stereocenters. The zero-order chi connectivity index (χ0) is 19.4. The Balaban J connectivity index is 2.36. The van der Waals surface area contributed by atoms with Crippen LogP contribution in [0.25, 0.3) is 0 Å². The Kier molecular flexibility index (Phi) is 5.81. The number of carbonyl (C=O) groups excluding carboxylic acids is 2. The molecule has 1 aromatic rings. The lowest BCUT2D eigenvalue weighted by molar-refractivity contribution is -0.385. The molecule has 1 heterocycles. The Morgan fingerprint density at radius 1 is 1.42 bits per heavy atom. The highest BCUT2D eigenvalue weighted by Gasteiger charge is 2.33. The Labute approximate surface area is 150 Å². The topological polar surface area (TPSA) is 131 Å². The van der Waals surface area contributed by atoms with Gasteiger partial charge in [-0.2, -0.15) is 0 Å². The van der Waals surface area contributed by atoms with Crippen molar-refractivity contribution in [2.75, 3.05) is 6.61 Å². The number of nitro groups is 1. The van der Waals surface area contributed by atoms with Gasteiger partial charge in [0.25, 0.3) is 0 Å². The normalized spacial score (nSPS) is 16.9. The molecule has 1 aromatic carbocycles. The zero-order valence-corrected chi connectivity index (χ0v) is 14.7. The molecule has 140 valence electrons. The lowest BCUT2D eigenvalue weighted by Crippen LogP contribution is -2.45. The SMILES string of the molecule is CC1=C(C(=O)OCCC(C)C)C(c2ccc(O)c([N+](=O)[O-])c2)NC(=O)N1. The average molecular weight is 363 g/mol. The van der Waals surface area contributed by atoms with Crippen molar-refractivity contribution in [3.8, 4) is 5.75 Å². The summed E-state index contributed by atoms with van der Waals surface area (Å²) in [6.07, 6.45) is 0.688. The molecule has 1 aliphatic rings. The van der Waals surface area contributed by atoms with Gasteiger partial charge >= 0.3 is 17.7 Å². The molecule has 0 saturated carbocycles. The second kappa shape index (κ2) is 7.85. The van der Waals surface area contributed by atoms with Crippen molar-refractivity contribution in [2.24, 2.45) is 5.92 Å². The predicted molar refractivity (Wildman–Crippen MR) is 92.3 cm³/mol. The lowest BCUT2D eigenvalue weighted by Gasteiger charge is -2.28. The van der Waals surface area contributed by atoms with Gasteiger partial charge < -0.3 is 20.5 Å². The van der Waals surface area contributed by atoms with E-state index in [0.29, 0.717) is 23.6 Å². The maximum Gasteiger partial charge on any atom is 0.338 e. The van der Waals surface area contributed by atoms with Crippen molar-refractivity contribution < 1.29 is 24.4 Å². The van der Waals surface area contributed by atoms with E-state index >= 15 is 0 Å². The molecule has 9 heteroatoms. The number of rotatable bonds is 6. The largest absolute Gasteiger partial charge is 0.502 e. The van der Waals surface area contributed by atoms with E-state index in [4.69, 9.17) is 4.74 Å². The van der Waals surface area contributed by atoms with Crippen molar-refractivity contribution in [2.45, 2.75) is 33.2 Å². The molecular formula is C17H21N3O6. The second-order valence-electron chi connectivity index (χ2n) is 6.39. The van der Waals surface area contributed by atoms with Gasteiger partial charge in [-0.3, -0.25) is 10.1 Å². The number of phenolic OH excluding ortho intramolecular Hbond substituents is 1. The molecule has 3 N–H and O–H groups in total. The Bertz CT molecular complexity index is 772. The van der Waals surface area contributed by atoms with Crippen molar-refractivity contribution in [1.82, 2.24) is 10.6 Å². The summed E-state index contributed by atoms with van der Waals surface area (Å²) in [5.41, 5.74) is 0.248. The lowest BCUT2D eigenvalue weighted by atomic mass is 9.95. The minimum absolute atomic E-state index is 0.161. The molecule has 2 rings (SSSR count). The molecule has 0 aliphatic carbocycles. The number of amides is 2. The van der Waals surface area contributed by atoms with Gasteiger partial charge in [0, 0.05) is 11.8 Å². The molecule has 0 aromatic heterocycles. The van der Waals surface area contributed by atoms with Crippen LogP contribution in [-0.4, -0.2) is 28.6 Å². The molecule has 0 spiro atoms. The minimum atomic E-state index is -0.922. The van der Waals surface area contributed by atoms with Gasteiger partial charge in [-0.15, -0.1) is 0 Å². The second-order valence-corrected chi connectivity index (χ2v) is 6.39. The van der Waals surface area contributed by atoms with E-state index in [1.807, 2.05) is 13.8 Å². The summed E-state index contributed by atoms with van der Waals surface area (Å²) in [7, 11) is 0. The maximum absolute atomic E-state index is 12.5. The number of aromatic hydroxyl groups is 1. The van der Waals surface area contributed by atoms with Gasteiger partial charge in [0.15, 0.2) is 5.75 Å². The summed E-state index contributed by atoms with van der Waals surface area (Å²) in [6, 6.07) is 2.23. The van der Waals surface area contributed by atoms with Crippen molar-refractivity contribution in [3.05, 3.63) is 45.1 Å². The van der Waals surface area contributed by atoms with Gasteiger partial charge in [-0.1, -0.05) is 19.9 Å². The van der Waals surface area contributed by atoms with Gasteiger partial charge in [-0.05, 0) is 30.9 Å². The smallest absolute Gasteiger partial charge is 0.338 e. The molecule has 26 heavy (non-hydrogen) atoms. The van der Waals surface area contributed by atoms with E-state index in [0.717, 1.165) is 12.1 Å². The first kappa shape index (κ1) is 19.2. The van der Waals surface area contributed by atoms with Gasteiger partial charge in [0.05, 0.1) is 23.1 Å². The van der Waals surface area contributed by atoms with E-state index in [1.165, 1.54) is 6.07 Å². The number of nitro benzene ring substituents is 1. The number of allylic oxidation sites excluding steroid dienone is 1. The van der Waals surface area contributed by atoms with Crippen molar-refractivity contribution in [3.63, 3.8) is 0 Å². The van der Waals surface area contributed by atoms with Gasteiger partial charge in [0.1, 0.15) is 0 Å². The standard InChI is InChI=1S/C17H21N3O6/c1-9(2)6-7-26-16(22)14-10(3)18-17(23)19-15(14)11-4-5-13(21)12(8-11)20(24)25/h4-5,8-9,15,21H,6-7H2,1-3H3,(H2,18,19,23). The number of carbonyl (C=O) groups is 2. The van der Waals surface area contributed by atoms with Crippen LogP contribution in [0, 0.1) is 16.0 Å². The first-order valence-electron chi connectivity index (χ1n) is 8.13. The molecular weight excluding hydrogens is 342 g/mol. The number of nitrogens with zero attached hydrogens (tertiary/aromatic N) is 1.